The average molecular weight is 290 g/mol. The van der Waals surface area contributed by atoms with Crippen LogP contribution in [0.2, 0.25) is 0 Å². The highest BCUT2D eigenvalue weighted by Gasteiger charge is 2.34. The Morgan fingerprint density at radius 1 is 1.19 bits per heavy atom. The number of fused-ring (bicyclic) bond motifs is 1. The van der Waals surface area contributed by atoms with Crippen molar-refractivity contribution in [2.45, 2.75) is 50.6 Å². The second kappa shape index (κ2) is 6.89. The molecule has 3 rings (SSSR count). The topological polar surface area (TPSA) is 15.3 Å². The molecule has 0 spiro atoms. The van der Waals surface area contributed by atoms with Crippen LogP contribution in [0.15, 0.2) is 24.3 Å². The Labute approximate surface area is 127 Å². The lowest BCUT2D eigenvalue weighted by molar-refractivity contribution is 0.108. The minimum atomic E-state index is -0.154. The van der Waals surface area contributed by atoms with Crippen molar-refractivity contribution >= 4 is 0 Å². The number of nitrogens with zero attached hydrogens (tertiary/aromatic N) is 1. The van der Waals surface area contributed by atoms with E-state index in [4.69, 9.17) is 0 Å². The third kappa shape index (κ3) is 3.46. The molecule has 116 valence electrons. The van der Waals surface area contributed by atoms with E-state index in [-0.39, 0.29) is 5.82 Å². The number of piperidine rings is 1. The second-order valence-electron chi connectivity index (χ2n) is 6.62. The molecule has 2 aliphatic rings. The molecule has 21 heavy (non-hydrogen) atoms. The van der Waals surface area contributed by atoms with E-state index in [9.17, 15) is 4.39 Å². The Kier molecular flexibility index (Phi) is 4.91. The van der Waals surface area contributed by atoms with Gasteiger partial charge in [-0.15, -0.1) is 0 Å². The van der Waals surface area contributed by atoms with E-state index in [1.54, 1.807) is 12.1 Å². The number of halogens is 1. The molecule has 2 nitrogen and oxygen atoms in total. The maximum atomic E-state index is 13.0. The van der Waals surface area contributed by atoms with Crippen molar-refractivity contribution in [3.05, 3.63) is 35.6 Å². The molecule has 1 aromatic rings. The van der Waals surface area contributed by atoms with Gasteiger partial charge in [-0.3, -0.25) is 0 Å². The molecule has 3 atom stereocenters. The van der Waals surface area contributed by atoms with Gasteiger partial charge < -0.3 is 10.2 Å². The highest BCUT2D eigenvalue weighted by molar-refractivity contribution is 5.19. The number of rotatable bonds is 5. The Hall–Kier alpha value is -0.930. The van der Waals surface area contributed by atoms with E-state index in [0.29, 0.717) is 6.04 Å². The number of benzene rings is 1. The van der Waals surface area contributed by atoms with Gasteiger partial charge in [0, 0.05) is 18.6 Å². The summed E-state index contributed by atoms with van der Waals surface area (Å²) in [5.74, 6) is 0.802. The Morgan fingerprint density at radius 3 is 2.71 bits per heavy atom. The molecule has 1 N–H and O–H groups in total. The molecule has 3 heteroatoms. The molecule has 1 saturated heterocycles. The second-order valence-corrected chi connectivity index (χ2v) is 6.62. The fraction of sp³-hybridized carbons (Fsp3) is 0.667. The highest BCUT2D eigenvalue weighted by Crippen LogP contribution is 2.37. The van der Waals surface area contributed by atoms with Crippen molar-refractivity contribution in [3.63, 3.8) is 0 Å². The summed E-state index contributed by atoms with van der Waals surface area (Å²) in [6.07, 6.45) is 8.15. The molecule has 1 aromatic carbocycles. The Bertz CT molecular complexity index is 445. The molecular formula is C18H27FN2. The zero-order valence-electron chi connectivity index (χ0n) is 13.0. The van der Waals surface area contributed by atoms with Crippen LogP contribution in [0.4, 0.5) is 4.39 Å². The number of hydrogen-bond donors (Lipinski definition) is 1. The molecule has 1 aliphatic heterocycles. The van der Waals surface area contributed by atoms with E-state index < -0.39 is 0 Å². The average Bonchev–Trinajstić information content (AvgIpc) is 2.99. The quantitative estimate of drug-likeness (QED) is 0.888. The van der Waals surface area contributed by atoms with Crippen LogP contribution in [-0.2, 0) is 0 Å². The summed E-state index contributed by atoms with van der Waals surface area (Å²) in [5.41, 5.74) is 1.19. The van der Waals surface area contributed by atoms with Gasteiger partial charge >= 0.3 is 0 Å². The lowest BCUT2D eigenvalue weighted by Gasteiger charge is -2.38. The molecule has 1 saturated carbocycles. The van der Waals surface area contributed by atoms with Crippen LogP contribution in [-0.4, -0.2) is 31.1 Å². The minimum absolute atomic E-state index is 0.154. The third-order valence-electron chi connectivity index (χ3n) is 5.43. The lowest BCUT2D eigenvalue weighted by Crippen LogP contribution is -2.43. The largest absolute Gasteiger partial charge is 0.313 e. The van der Waals surface area contributed by atoms with E-state index in [1.165, 1.54) is 44.2 Å². The summed E-state index contributed by atoms with van der Waals surface area (Å²) < 4.78 is 13.0. The third-order valence-corrected chi connectivity index (χ3v) is 5.43. The lowest BCUT2D eigenvalue weighted by atomic mass is 9.91. The summed E-state index contributed by atoms with van der Waals surface area (Å²) in [6.45, 7) is 2.42. The molecule has 2 fully saturated rings. The molecule has 0 bridgehead atoms. The maximum absolute atomic E-state index is 13.0. The van der Waals surface area contributed by atoms with Gasteiger partial charge in [0.1, 0.15) is 5.82 Å². The normalized spacial score (nSPS) is 27.5. The summed E-state index contributed by atoms with van der Waals surface area (Å²) in [6, 6.07) is 8.11. The van der Waals surface area contributed by atoms with Crippen LogP contribution < -0.4 is 5.32 Å². The monoisotopic (exact) mass is 290 g/mol. The first kappa shape index (κ1) is 15.0. The van der Waals surface area contributed by atoms with Gasteiger partial charge in [0.05, 0.1) is 0 Å². The van der Waals surface area contributed by atoms with Crippen molar-refractivity contribution in [2.24, 2.45) is 5.92 Å². The van der Waals surface area contributed by atoms with Gasteiger partial charge in [-0.1, -0.05) is 18.6 Å². The van der Waals surface area contributed by atoms with Crippen LogP contribution >= 0.6 is 0 Å². The van der Waals surface area contributed by atoms with Crippen LogP contribution in [0.5, 0.6) is 0 Å². The SMILES string of the molecule is CNC(CCN1CCCC2CCCC21)c1ccc(F)cc1. The van der Waals surface area contributed by atoms with Crippen LogP contribution in [0.3, 0.4) is 0 Å². The summed E-state index contributed by atoms with van der Waals surface area (Å²) in [7, 11) is 2.00. The smallest absolute Gasteiger partial charge is 0.123 e. The van der Waals surface area contributed by atoms with Crippen molar-refractivity contribution in [1.82, 2.24) is 10.2 Å². The van der Waals surface area contributed by atoms with Crippen LogP contribution in [0, 0.1) is 11.7 Å². The van der Waals surface area contributed by atoms with E-state index >= 15 is 0 Å². The first-order valence-electron chi connectivity index (χ1n) is 8.44. The van der Waals surface area contributed by atoms with Gasteiger partial charge in [-0.05, 0) is 69.3 Å². The predicted molar refractivity (Wildman–Crippen MR) is 84.8 cm³/mol. The fourth-order valence-electron chi connectivity index (χ4n) is 4.30. The first-order valence-corrected chi connectivity index (χ1v) is 8.44. The maximum Gasteiger partial charge on any atom is 0.123 e. The van der Waals surface area contributed by atoms with Crippen LogP contribution in [0.25, 0.3) is 0 Å². The van der Waals surface area contributed by atoms with Gasteiger partial charge in [-0.25, -0.2) is 4.39 Å². The minimum Gasteiger partial charge on any atom is -0.313 e. The molecule has 0 amide bonds. The van der Waals surface area contributed by atoms with Crippen LogP contribution in [0.1, 0.15) is 50.1 Å². The molecule has 3 unspecified atom stereocenters. The zero-order valence-corrected chi connectivity index (χ0v) is 13.0. The molecular weight excluding hydrogens is 263 g/mol. The fourth-order valence-corrected chi connectivity index (χ4v) is 4.30. The van der Waals surface area contributed by atoms with Crippen molar-refractivity contribution in [2.75, 3.05) is 20.1 Å². The van der Waals surface area contributed by atoms with Gasteiger partial charge in [-0.2, -0.15) is 0 Å². The van der Waals surface area contributed by atoms with Crippen molar-refractivity contribution in [1.29, 1.82) is 0 Å². The molecule has 1 heterocycles. The number of hydrogen-bond acceptors (Lipinski definition) is 2. The van der Waals surface area contributed by atoms with E-state index in [2.05, 4.69) is 10.2 Å². The molecule has 1 aliphatic carbocycles. The molecule has 0 radical (unpaired) electrons. The van der Waals surface area contributed by atoms with Gasteiger partial charge in [0.2, 0.25) is 0 Å². The standard InChI is InChI=1S/C18H27FN2/c1-20-17(14-7-9-16(19)10-8-14)11-13-21-12-3-5-15-4-2-6-18(15)21/h7-10,15,17-18,20H,2-6,11-13H2,1H3. The highest BCUT2D eigenvalue weighted by atomic mass is 19.1. The summed E-state index contributed by atoms with van der Waals surface area (Å²) in [4.78, 5) is 2.72. The number of nitrogens with one attached hydrogen (secondary N) is 1. The van der Waals surface area contributed by atoms with E-state index in [0.717, 1.165) is 24.9 Å². The zero-order chi connectivity index (χ0) is 14.7. The Balaban J connectivity index is 1.58. The van der Waals surface area contributed by atoms with E-state index in [1.807, 2.05) is 19.2 Å². The predicted octanol–water partition coefficient (Wildman–Crippen LogP) is 3.74. The first-order chi connectivity index (χ1) is 10.3. The Morgan fingerprint density at radius 2 is 1.95 bits per heavy atom. The van der Waals surface area contributed by atoms with Crippen molar-refractivity contribution in [3.8, 4) is 0 Å². The molecule has 0 aromatic heterocycles. The summed E-state index contributed by atoms with van der Waals surface area (Å²) >= 11 is 0. The van der Waals surface area contributed by atoms with Gasteiger partial charge in [0.15, 0.2) is 0 Å². The van der Waals surface area contributed by atoms with Gasteiger partial charge in [0.25, 0.3) is 0 Å². The summed E-state index contributed by atoms with van der Waals surface area (Å²) in [5, 5.41) is 3.39. The van der Waals surface area contributed by atoms with Crippen molar-refractivity contribution < 1.29 is 4.39 Å². The number of likely N-dealkylation sites (tertiary alicyclic amines) is 1.